The Morgan fingerprint density at radius 2 is 2.05 bits per heavy atom. The number of rotatable bonds is 6. The zero-order chi connectivity index (χ0) is 14.6. The summed E-state index contributed by atoms with van der Waals surface area (Å²) in [5.74, 6) is 0. The van der Waals surface area contributed by atoms with E-state index in [1.54, 1.807) is 0 Å². The Balaban J connectivity index is 2.34. The van der Waals surface area contributed by atoms with Crippen molar-refractivity contribution in [3.05, 3.63) is 16.4 Å². The topological polar surface area (TPSA) is 29.9 Å². The van der Waals surface area contributed by atoms with Gasteiger partial charge in [-0.1, -0.05) is 40.0 Å². The number of aromatic nitrogens is 2. The first kappa shape index (κ1) is 16.0. The fraction of sp³-hybridized carbons (Fsp3) is 0.812. The normalized spacial score (nSPS) is 20.0. The lowest BCUT2D eigenvalue weighted by Crippen LogP contribution is -2.39. The Morgan fingerprint density at radius 3 is 2.65 bits per heavy atom. The van der Waals surface area contributed by atoms with E-state index in [0.29, 0.717) is 11.5 Å². The molecule has 0 amide bonds. The van der Waals surface area contributed by atoms with Crippen LogP contribution in [-0.4, -0.2) is 16.3 Å². The first-order chi connectivity index (χ1) is 9.62. The molecule has 0 spiro atoms. The van der Waals surface area contributed by atoms with Gasteiger partial charge in [0, 0.05) is 6.54 Å². The Bertz CT molecular complexity index is 421. The fourth-order valence-corrected chi connectivity index (χ4v) is 4.10. The van der Waals surface area contributed by atoms with Crippen molar-refractivity contribution < 1.29 is 0 Å². The van der Waals surface area contributed by atoms with Crippen molar-refractivity contribution in [2.45, 2.75) is 71.9 Å². The molecule has 3 nitrogen and oxygen atoms in total. The van der Waals surface area contributed by atoms with Gasteiger partial charge in [-0.2, -0.15) is 5.10 Å². The first-order valence-electron chi connectivity index (χ1n) is 8.07. The lowest BCUT2D eigenvalue weighted by atomic mass is 9.69. The molecule has 1 N–H and O–H groups in total. The van der Waals surface area contributed by atoms with Crippen LogP contribution >= 0.6 is 15.9 Å². The zero-order valence-corrected chi connectivity index (χ0v) is 14.7. The van der Waals surface area contributed by atoms with Crippen molar-refractivity contribution in [2.24, 2.45) is 5.41 Å². The smallest absolute Gasteiger partial charge is 0.0701 e. The highest BCUT2D eigenvalue weighted by Crippen LogP contribution is 2.47. The summed E-state index contributed by atoms with van der Waals surface area (Å²) in [4.78, 5) is 0. The van der Waals surface area contributed by atoms with Crippen LogP contribution in [0.3, 0.4) is 0 Å². The maximum Gasteiger partial charge on any atom is 0.0701 e. The number of nitrogens with one attached hydrogen (secondary N) is 1. The summed E-state index contributed by atoms with van der Waals surface area (Å²) >= 11 is 3.73. The molecule has 20 heavy (non-hydrogen) atoms. The molecule has 0 aliphatic heterocycles. The summed E-state index contributed by atoms with van der Waals surface area (Å²) < 4.78 is 3.35. The molecule has 0 saturated heterocycles. The summed E-state index contributed by atoms with van der Waals surface area (Å²) in [6, 6.07) is 0.399. The van der Waals surface area contributed by atoms with Crippen LogP contribution in [0.5, 0.6) is 0 Å². The number of hydrogen-bond acceptors (Lipinski definition) is 2. The molecule has 1 heterocycles. The van der Waals surface area contributed by atoms with Crippen molar-refractivity contribution in [1.29, 1.82) is 0 Å². The molecule has 0 aromatic carbocycles. The first-order valence-corrected chi connectivity index (χ1v) is 8.86. The lowest BCUT2D eigenvalue weighted by molar-refractivity contribution is 0.139. The molecule has 1 aromatic rings. The summed E-state index contributed by atoms with van der Waals surface area (Å²) in [6.07, 6.45) is 9.82. The predicted octanol–water partition coefficient (Wildman–Crippen LogP) is 4.68. The van der Waals surface area contributed by atoms with Gasteiger partial charge in [-0.05, 0) is 47.2 Å². The molecular weight excluding hydrogens is 314 g/mol. The molecule has 1 aliphatic carbocycles. The Labute approximate surface area is 131 Å². The molecule has 0 radical (unpaired) electrons. The van der Waals surface area contributed by atoms with Gasteiger partial charge in [-0.25, -0.2) is 0 Å². The van der Waals surface area contributed by atoms with E-state index in [-0.39, 0.29) is 0 Å². The van der Waals surface area contributed by atoms with E-state index >= 15 is 0 Å². The third kappa shape index (κ3) is 3.28. The van der Waals surface area contributed by atoms with Crippen LogP contribution in [0.1, 0.15) is 71.0 Å². The largest absolute Gasteiger partial charge is 0.308 e. The Hall–Kier alpha value is -0.350. The molecule has 2 rings (SSSR count). The van der Waals surface area contributed by atoms with Crippen LogP contribution < -0.4 is 5.32 Å². The van der Waals surface area contributed by atoms with Gasteiger partial charge in [0.25, 0.3) is 0 Å². The minimum absolute atomic E-state index is 0.350. The predicted molar refractivity (Wildman–Crippen MR) is 87.8 cm³/mol. The molecule has 0 bridgehead atoms. The quantitative estimate of drug-likeness (QED) is 0.814. The van der Waals surface area contributed by atoms with E-state index in [9.17, 15) is 0 Å². The summed E-state index contributed by atoms with van der Waals surface area (Å²) in [6.45, 7) is 8.87. The summed E-state index contributed by atoms with van der Waals surface area (Å²) in [5, 5.41) is 8.31. The highest BCUT2D eigenvalue weighted by Gasteiger charge is 2.38. The number of halogens is 1. The second kappa shape index (κ2) is 7.08. The van der Waals surface area contributed by atoms with Crippen molar-refractivity contribution in [3.63, 3.8) is 0 Å². The van der Waals surface area contributed by atoms with Crippen LogP contribution in [0.2, 0.25) is 0 Å². The van der Waals surface area contributed by atoms with Gasteiger partial charge in [0.15, 0.2) is 0 Å². The monoisotopic (exact) mass is 341 g/mol. The zero-order valence-electron chi connectivity index (χ0n) is 13.1. The van der Waals surface area contributed by atoms with Crippen LogP contribution in [0.4, 0.5) is 0 Å². The van der Waals surface area contributed by atoms with E-state index in [1.165, 1.54) is 37.8 Å². The maximum absolute atomic E-state index is 4.56. The summed E-state index contributed by atoms with van der Waals surface area (Å²) in [7, 11) is 0. The van der Waals surface area contributed by atoms with Crippen LogP contribution in [-0.2, 0) is 6.54 Å². The molecule has 1 aromatic heterocycles. The standard InChI is InChI=1S/C16H28BrN3/c1-4-11-20-14(13(17)12-19-20)15(18-5-2)16(3)9-7-6-8-10-16/h12,15,18H,4-11H2,1-3H3. The second-order valence-corrected chi connectivity index (χ2v) is 7.16. The lowest BCUT2D eigenvalue weighted by Gasteiger charge is -2.41. The molecule has 1 fully saturated rings. The Kier molecular flexibility index (Phi) is 5.67. The third-order valence-electron chi connectivity index (χ3n) is 4.64. The van der Waals surface area contributed by atoms with Crippen molar-refractivity contribution in [2.75, 3.05) is 6.54 Å². The van der Waals surface area contributed by atoms with Gasteiger partial charge in [0.1, 0.15) is 0 Å². The van der Waals surface area contributed by atoms with E-state index in [0.717, 1.165) is 24.0 Å². The molecular formula is C16H28BrN3. The summed E-state index contributed by atoms with van der Waals surface area (Å²) in [5.41, 5.74) is 1.69. The van der Waals surface area contributed by atoms with Crippen LogP contribution in [0.15, 0.2) is 10.7 Å². The minimum atomic E-state index is 0.350. The number of nitrogens with zero attached hydrogens (tertiary/aromatic N) is 2. The van der Waals surface area contributed by atoms with Crippen molar-refractivity contribution in [1.82, 2.24) is 15.1 Å². The van der Waals surface area contributed by atoms with Gasteiger partial charge in [0.05, 0.1) is 22.4 Å². The fourth-order valence-electron chi connectivity index (χ4n) is 3.57. The highest BCUT2D eigenvalue weighted by atomic mass is 79.9. The van der Waals surface area contributed by atoms with Crippen molar-refractivity contribution >= 4 is 15.9 Å². The van der Waals surface area contributed by atoms with Gasteiger partial charge in [-0.3, -0.25) is 4.68 Å². The SMILES string of the molecule is CCCn1ncc(Br)c1C(NCC)C1(C)CCCCC1. The minimum Gasteiger partial charge on any atom is -0.308 e. The van der Waals surface area contributed by atoms with E-state index in [2.05, 4.69) is 51.8 Å². The average Bonchev–Trinajstić information content (AvgIpc) is 2.78. The highest BCUT2D eigenvalue weighted by molar-refractivity contribution is 9.10. The van der Waals surface area contributed by atoms with E-state index in [1.807, 2.05) is 6.20 Å². The second-order valence-electron chi connectivity index (χ2n) is 6.31. The van der Waals surface area contributed by atoms with Gasteiger partial charge >= 0.3 is 0 Å². The molecule has 4 heteroatoms. The molecule has 1 saturated carbocycles. The molecule has 1 unspecified atom stereocenters. The molecule has 114 valence electrons. The van der Waals surface area contributed by atoms with Gasteiger partial charge in [-0.15, -0.1) is 0 Å². The third-order valence-corrected chi connectivity index (χ3v) is 5.25. The maximum atomic E-state index is 4.56. The van der Waals surface area contributed by atoms with E-state index in [4.69, 9.17) is 0 Å². The molecule has 1 atom stereocenters. The van der Waals surface area contributed by atoms with Gasteiger partial charge in [0.2, 0.25) is 0 Å². The molecule has 1 aliphatic rings. The van der Waals surface area contributed by atoms with E-state index < -0.39 is 0 Å². The average molecular weight is 342 g/mol. The van der Waals surface area contributed by atoms with Crippen LogP contribution in [0, 0.1) is 5.41 Å². The number of hydrogen-bond donors (Lipinski definition) is 1. The van der Waals surface area contributed by atoms with Crippen LogP contribution in [0.25, 0.3) is 0 Å². The Morgan fingerprint density at radius 1 is 1.35 bits per heavy atom. The van der Waals surface area contributed by atoms with Gasteiger partial charge < -0.3 is 5.32 Å². The van der Waals surface area contributed by atoms with Crippen molar-refractivity contribution in [3.8, 4) is 0 Å². The number of aryl methyl sites for hydroxylation is 1.